The van der Waals surface area contributed by atoms with Crippen molar-refractivity contribution in [2.45, 2.75) is 6.54 Å². The molecule has 2 aromatic rings. The molecule has 0 saturated heterocycles. The number of halogens is 1. The zero-order valence-corrected chi connectivity index (χ0v) is 12.4. The topological polar surface area (TPSA) is 86.6 Å². The minimum Gasteiger partial charge on any atom is -0.508 e. The molecule has 1 amide bonds. The molecule has 0 aromatic heterocycles. The fourth-order valence-electron chi connectivity index (χ4n) is 1.79. The number of rotatable bonds is 4. The molecule has 0 spiro atoms. The number of carbonyl (C=O) groups excluding carboxylic acids is 2. The quantitative estimate of drug-likeness (QED) is 0.740. The predicted molar refractivity (Wildman–Crippen MR) is 80.5 cm³/mol. The van der Waals surface area contributed by atoms with Crippen molar-refractivity contribution < 1.29 is 19.8 Å². The second kappa shape index (κ2) is 6.41. The molecule has 2 rings (SSSR count). The number of carbonyl (C=O) groups is 2. The van der Waals surface area contributed by atoms with E-state index in [1.807, 2.05) is 0 Å². The van der Waals surface area contributed by atoms with Crippen LogP contribution in [0.5, 0.6) is 11.5 Å². The normalized spacial score (nSPS) is 10.1. The number of nitrogens with one attached hydrogen (secondary N) is 1. The summed E-state index contributed by atoms with van der Waals surface area (Å²) in [5.74, 6) is -0.464. The second-order valence-electron chi connectivity index (χ2n) is 4.37. The Kier molecular flexibility index (Phi) is 4.59. The summed E-state index contributed by atoms with van der Waals surface area (Å²) >= 11 is 3.09. The van der Waals surface area contributed by atoms with Crippen LogP contribution in [0.4, 0.5) is 0 Å². The van der Waals surface area contributed by atoms with E-state index in [9.17, 15) is 19.8 Å². The van der Waals surface area contributed by atoms with Gasteiger partial charge in [-0.25, -0.2) is 0 Å². The Bertz CT molecular complexity index is 700. The van der Waals surface area contributed by atoms with Crippen molar-refractivity contribution in [2.24, 2.45) is 0 Å². The van der Waals surface area contributed by atoms with Gasteiger partial charge in [0.05, 0.1) is 10.0 Å². The molecule has 0 fully saturated rings. The average Bonchev–Trinajstić information content (AvgIpc) is 2.47. The lowest BCUT2D eigenvalue weighted by Crippen LogP contribution is -2.22. The third-order valence-corrected chi connectivity index (χ3v) is 3.45. The minimum absolute atomic E-state index is 0.0341. The van der Waals surface area contributed by atoms with Gasteiger partial charge in [-0.1, -0.05) is 12.1 Å². The van der Waals surface area contributed by atoms with Gasteiger partial charge in [-0.15, -0.1) is 0 Å². The van der Waals surface area contributed by atoms with Gasteiger partial charge in [0.25, 0.3) is 5.91 Å². The maximum absolute atomic E-state index is 12.0. The first-order valence-corrected chi connectivity index (χ1v) is 6.84. The van der Waals surface area contributed by atoms with Gasteiger partial charge < -0.3 is 15.5 Å². The number of phenolic OH excluding ortho intramolecular Hbond substituents is 2. The van der Waals surface area contributed by atoms with E-state index in [0.29, 0.717) is 6.29 Å². The first-order chi connectivity index (χ1) is 10.0. The van der Waals surface area contributed by atoms with E-state index >= 15 is 0 Å². The van der Waals surface area contributed by atoms with Crippen LogP contribution in [0.1, 0.15) is 26.3 Å². The molecule has 0 saturated carbocycles. The van der Waals surface area contributed by atoms with Crippen LogP contribution in [0, 0.1) is 0 Å². The molecule has 21 heavy (non-hydrogen) atoms. The summed E-state index contributed by atoms with van der Waals surface area (Å²) in [6.07, 6.45) is 0.478. The van der Waals surface area contributed by atoms with Crippen LogP contribution in [0.2, 0.25) is 0 Å². The Hall–Kier alpha value is -2.34. The Balaban J connectivity index is 2.14. The minimum atomic E-state index is -0.387. The van der Waals surface area contributed by atoms with Crippen molar-refractivity contribution in [1.82, 2.24) is 5.32 Å². The number of hydrogen-bond donors (Lipinski definition) is 3. The fourth-order valence-corrected chi connectivity index (χ4v) is 2.27. The maximum Gasteiger partial charge on any atom is 0.251 e. The molecule has 0 unspecified atom stereocenters. The van der Waals surface area contributed by atoms with Gasteiger partial charge >= 0.3 is 0 Å². The van der Waals surface area contributed by atoms with Gasteiger partial charge in [0, 0.05) is 12.1 Å². The molecule has 0 aliphatic carbocycles. The highest BCUT2D eigenvalue weighted by Gasteiger charge is 2.12. The molecule has 0 atom stereocenters. The predicted octanol–water partition coefficient (Wildman–Crippen LogP) is 2.60. The largest absolute Gasteiger partial charge is 0.508 e. The Labute approximate surface area is 129 Å². The van der Waals surface area contributed by atoms with Gasteiger partial charge in [0.15, 0.2) is 6.29 Å². The standard InChI is InChI=1S/C15H12BrNO4/c16-13-6-10(5-11(8-18)14(13)20)15(21)17-7-9-2-1-3-12(19)4-9/h1-6,8,19-20H,7H2,(H,17,21). The molecule has 0 aliphatic heterocycles. The fraction of sp³-hybridized carbons (Fsp3) is 0.0667. The van der Waals surface area contributed by atoms with E-state index < -0.39 is 0 Å². The smallest absolute Gasteiger partial charge is 0.251 e. The van der Waals surface area contributed by atoms with Gasteiger partial charge in [0.1, 0.15) is 11.5 Å². The van der Waals surface area contributed by atoms with E-state index in [2.05, 4.69) is 21.2 Å². The van der Waals surface area contributed by atoms with Crippen LogP contribution in [0.15, 0.2) is 40.9 Å². The van der Waals surface area contributed by atoms with E-state index in [4.69, 9.17) is 0 Å². The van der Waals surface area contributed by atoms with E-state index in [1.165, 1.54) is 12.1 Å². The first-order valence-electron chi connectivity index (χ1n) is 6.05. The first kappa shape index (κ1) is 15.1. The van der Waals surface area contributed by atoms with E-state index in [1.54, 1.807) is 24.3 Å². The van der Waals surface area contributed by atoms with Crippen LogP contribution >= 0.6 is 15.9 Å². The Morgan fingerprint density at radius 2 is 2.00 bits per heavy atom. The highest BCUT2D eigenvalue weighted by Crippen LogP contribution is 2.28. The SMILES string of the molecule is O=Cc1cc(C(=O)NCc2cccc(O)c2)cc(Br)c1O. The molecule has 6 heteroatoms. The zero-order chi connectivity index (χ0) is 15.4. The van der Waals surface area contributed by atoms with Crippen LogP contribution in [-0.4, -0.2) is 22.4 Å². The number of benzene rings is 2. The Morgan fingerprint density at radius 3 is 2.67 bits per heavy atom. The van der Waals surface area contributed by atoms with Crippen molar-refractivity contribution >= 4 is 28.1 Å². The summed E-state index contributed by atoms with van der Waals surface area (Å²) in [4.78, 5) is 22.9. The molecule has 5 nitrogen and oxygen atoms in total. The van der Waals surface area contributed by atoms with Crippen LogP contribution in [0.25, 0.3) is 0 Å². The molecule has 3 N–H and O–H groups in total. The summed E-state index contributed by atoms with van der Waals surface area (Å²) in [7, 11) is 0. The Morgan fingerprint density at radius 1 is 1.24 bits per heavy atom. The lowest BCUT2D eigenvalue weighted by atomic mass is 10.1. The van der Waals surface area contributed by atoms with Crippen LogP contribution < -0.4 is 5.32 Å². The van der Waals surface area contributed by atoms with Gasteiger partial charge in [-0.2, -0.15) is 0 Å². The molecular weight excluding hydrogens is 338 g/mol. The third kappa shape index (κ3) is 3.61. The van der Waals surface area contributed by atoms with Gasteiger partial charge in [0.2, 0.25) is 0 Å². The molecule has 108 valence electrons. The zero-order valence-electron chi connectivity index (χ0n) is 10.8. The third-order valence-electron chi connectivity index (χ3n) is 2.85. The molecular formula is C15H12BrNO4. The van der Waals surface area contributed by atoms with Crippen molar-refractivity contribution in [3.63, 3.8) is 0 Å². The van der Waals surface area contributed by atoms with Crippen LogP contribution in [-0.2, 0) is 6.54 Å². The summed E-state index contributed by atoms with van der Waals surface area (Å²) in [6, 6.07) is 9.27. The number of aromatic hydroxyl groups is 2. The van der Waals surface area contributed by atoms with Crippen molar-refractivity contribution in [2.75, 3.05) is 0 Å². The van der Waals surface area contributed by atoms with Crippen molar-refractivity contribution in [1.29, 1.82) is 0 Å². The van der Waals surface area contributed by atoms with Crippen molar-refractivity contribution in [3.8, 4) is 11.5 Å². The molecule has 0 radical (unpaired) electrons. The summed E-state index contributed by atoms with van der Waals surface area (Å²) in [5.41, 5.74) is 1.03. The highest BCUT2D eigenvalue weighted by atomic mass is 79.9. The lowest BCUT2D eigenvalue weighted by Gasteiger charge is -2.08. The number of amides is 1. The number of phenols is 2. The summed E-state index contributed by atoms with van der Waals surface area (Å²) in [5, 5.41) is 21.6. The van der Waals surface area contributed by atoms with Crippen molar-refractivity contribution in [3.05, 3.63) is 57.6 Å². The van der Waals surface area contributed by atoms with Gasteiger partial charge in [-0.3, -0.25) is 9.59 Å². The molecule has 0 aliphatic rings. The average molecular weight is 350 g/mol. The molecule has 0 heterocycles. The monoisotopic (exact) mass is 349 g/mol. The maximum atomic E-state index is 12.0. The van der Waals surface area contributed by atoms with Crippen LogP contribution in [0.3, 0.4) is 0 Å². The molecule has 2 aromatic carbocycles. The molecule has 0 bridgehead atoms. The summed E-state index contributed by atoms with van der Waals surface area (Å²) < 4.78 is 0.273. The number of aldehydes is 1. The van der Waals surface area contributed by atoms with E-state index in [0.717, 1.165) is 5.56 Å². The second-order valence-corrected chi connectivity index (χ2v) is 5.22. The summed E-state index contributed by atoms with van der Waals surface area (Å²) in [6.45, 7) is 0.238. The number of hydrogen-bond acceptors (Lipinski definition) is 4. The van der Waals surface area contributed by atoms with E-state index in [-0.39, 0.29) is 39.6 Å². The lowest BCUT2D eigenvalue weighted by molar-refractivity contribution is 0.0950. The van der Waals surface area contributed by atoms with Gasteiger partial charge in [-0.05, 0) is 45.8 Å². The highest BCUT2D eigenvalue weighted by molar-refractivity contribution is 9.10.